The highest BCUT2D eigenvalue weighted by Crippen LogP contribution is 2.51. The van der Waals surface area contributed by atoms with Crippen molar-refractivity contribution in [2.24, 2.45) is 0 Å². The Kier molecular flexibility index (Phi) is 3.30. The van der Waals surface area contributed by atoms with Gasteiger partial charge in [0, 0.05) is 42.7 Å². The fourth-order valence-corrected chi connectivity index (χ4v) is 6.32. The van der Waals surface area contributed by atoms with Gasteiger partial charge in [-0.3, -0.25) is 0 Å². The van der Waals surface area contributed by atoms with E-state index in [-0.39, 0.29) is 0 Å². The van der Waals surface area contributed by atoms with Crippen LogP contribution in [0.2, 0.25) is 0 Å². The summed E-state index contributed by atoms with van der Waals surface area (Å²) in [4.78, 5) is 0. The Bertz CT molecular complexity index is 1940. The van der Waals surface area contributed by atoms with Crippen molar-refractivity contribution in [3.63, 3.8) is 0 Å². The Balaban J connectivity index is 1.71. The molecule has 0 N–H and O–H groups in total. The molecule has 5 aromatic carbocycles. The quantitative estimate of drug-likeness (QED) is 0.209. The van der Waals surface area contributed by atoms with Crippen LogP contribution in [0.4, 0.5) is 0 Å². The van der Waals surface area contributed by atoms with Crippen LogP contribution in [0.5, 0.6) is 0 Å². The predicted octanol–water partition coefficient (Wildman–Crippen LogP) is 9.09. The molecule has 0 spiro atoms. The summed E-state index contributed by atoms with van der Waals surface area (Å²) < 4.78 is 10.1. The summed E-state index contributed by atoms with van der Waals surface area (Å²) in [5.74, 6) is 0. The van der Waals surface area contributed by atoms with Gasteiger partial charge in [-0.1, -0.05) is 72.8 Å². The fraction of sp³-hybridized carbons (Fsp3) is 0. The Morgan fingerprint density at radius 1 is 0.636 bits per heavy atom. The summed E-state index contributed by atoms with van der Waals surface area (Å²) in [7, 11) is 0. The first-order valence-corrected chi connectivity index (χ1v) is 11.9. The smallest absolute Gasteiger partial charge is 0.145 e. The van der Waals surface area contributed by atoms with Crippen LogP contribution < -0.4 is 0 Å². The van der Waals surface area contributed by atoms with Gasteiger partial charge in [0.1, 0.15) is 11.2 Å². The summed E-state index contributed by atoms with van der Waals surface area (Å²) in [5.41, 5.74) is 10.2. The summed E-state index contributed by atoms with van der Waals surface area (Å²) in [6.07, 6.45) is 0. The third-order valence-corrected chi connectivity index (χ3v) is 7.63. The number of rotatable bonds is 0. The van der Waals surface area contributed by atoms with Crippen LogP contribution >= 0.6 is 15.9 Å². The molecule has 1 aliphatic heterocycles. The van der Waals surface area contributed by atoms with E-state index in [0.29, 0.717) is 0 Å². The molecule has 0 aliphatic carbocycles. The molecule has 0 unspecified atom stereocenters. The molecule has 0 fully saturated rings. The van der Waals surface area contributed by atoms with E-state index in [1.807, 2.05) is 6.07 Å². The number of hydrogen-bond acceptors (Lipinski definition) is 1. The average molecular weight is 486 g/mol. The first-order valence-electron chi connectivity index (χ1n) is 11.1. The molecule has 154 valence electrons. The number of benzene rings is 5. The largest absolute Gasteiger partial charge is 0.455 e. The summed E-state index contributed by atoms with van der Waals surface area (Å²) >= 11 is 3.89. The lowest BCUT2D eigenvalue weighted by Crippen LogP contribution is -1.95. The van der Waals surface area contributed by atoms with Crippen molar-refractivity contribution in [3.8, 4) is 27.9 Å². The summed E-state index contributed by atoms with van der Waals surface area (Å²) in [6.45, 7) is 0. The van der Waals surface area contributed by atoms with Crippen molar-refractivity contribution in [1.82, 2.24) is 4.57 Å². The lowest BCUT2D eigenvalue weighted by Gasteiger charge is -2.13. The monoisotopic (exact) mass is 485 g/mol. The minimum atomic E-state index is 0.909. The van der Waals surface area contributed by atoms with E-state index in [0.717, 1.165) is 32.0 Å². The molecule has 33 heavy (non-hydrogen) atoms. The van der Waals surface area contributed by atoms with Gasteiger partial charge in [-0.15, -0.1) is 0 Å². The minimum Gasteiger partial charge on any atom is -0.455 e. The molecule has 0 saturated carbocycles. The molecule has 2 aromatic heterocycles. The Hall–Kier alpha value is -3.82. The lowest BCUT2D eigenvalue weighted by molar-refractivity contribution is 0.670. The zero-order valence-electron chi connectivity index (χ0n) is 17.5. The van der Waals surface area contributed by atoms with Crippen molar-refractivity contribution < 1.29 is 4.42 Å². The van der Waals surface area contributed by atoms with Crippen LogP contribution in [0.15, 0.2) is 106 Å². The van der Waals surface area contributed by atoms with Gasteiger partial charge in [-0.25, -0.2) is 0 Å². The highest BCUT2D eigenvalue weighted by atomic mass is 79.9. The normalized spacial score (nSPS) is 12.4. The predicted molar refractivity (Wildman–Crippen MR) is 140 cm³/mol. The second kappa shape index (κ2) is 6.15. The Labute approximate surface area is 197 Å². The SMILES string of the molecule is Brc1cc2c(c3oc4ccccc4c13)-c1cccc3c4ccccc4n(c13)-c1ccccc1-2. The topological polar surface area (TPSA) is 18.1 Å². The van der Waals surface area contributed by atoms with Crippen molar-refractivity contribution in [1.29, 1.82) is 0 Å². The number of furan rings is 1. The van der Waals surface area contributed by atoms with Gasteiger partial charge in [0.15, 0.2) is 0 Å². The molecular formula is C30H16BrNO. The van der Waals surface area contributed by atoms with Crippen LogP contribution in [0, 0.1) is 0 Å². The molecule has 0 atom stereocenters. The van der Waals surface area contributed by atoms with Gasteiger partial charge in [-0.05, 0) is 45.8 Å². The van der Waals surface area contributed by atoms with Crippen LogP contribution in [-0.2, 0) is 0 Å². The molecule has 0 bridgehead atoms. The molecule has 3 heterocycles. The number of hydrogen-bond donors (Lipinski definition) is 0. The first kappa shape index (κ1) is 17.7. The molecule has 0 radical (unpaired) electrons. The molecule has 2 nitrogen and oxygen atoms in total. The summed E-state index contributed by atoms with van der Waals surface area (Å²) in [6, 6.07) is 34.6. The number of halogens is 1. The van der Waals surface area contributed by atoms with E-state index in [1.165, 1.54) is 44.2 Å². The van der Waals surface area contributed by atoms with Crippen LogP contribution in [0.1, 0.15) is 0 Å². The van der Waals surface area contributed by atoms with E-state index in [2.05, 4.69) is 111 Å². The van der Waals surface area contributed by atoms with E-state index in [4.69, 9.17) is 4.42 Å². The summed E-state index contributed by atoms with van der Waals surface area (Å²) in [5, 5.41) is 4.79. The molecular weight excluding hydrogens is 470 g/mol. The van der Waals surface area contributed by atoms with Gasteiger partial charge < -0.3 is 8.98 Å². The van der Waals surface area contributed by atoms with Gasteiger partial charge in [0.25, 0.3) is 0 Å². The Morgan fingerprint density at radius 3 is 2.30 bits per heavy atom. The molecule has 7 aromatic rings. The lowest BCUT2D eigenvalue weighted by atomic mass is 9.91. The first-order chi connectivity index (χ1) is 16.3. The maximum atomic E-state index is 6.58. The highest BCUT2D eigenvalue weighted by Gasteiger charge is 2.28. The number of aromatic nitrogens is 1. The fourth-order valence-electron chi connectivity index (χ4n) is 5.70. The van der Waals surface area contributed by atoms with Crippen LogP contribution in [-0.4, -0.2) is 4.57 Å². The van der Waals surface area contributed by atoms with Crippen molar-refractivity contribution in [2.45, 2.75) is 0 Å². The molecule has 1 aliphatic rings. The zero-order valence-corrected chi connectivity index (χ0v) is 19.1. The third kappa shape index (κ3) is 2.13. The van der Waals surface area contributed by atoms with E-state index < -0.39 is 0 Å². The molecule has 0 saturated heterocycles. The number of fused-ring (bicyclic) bond motifs is 12. The van der Waals surface area contributed by atoms with Crippen molar-refractivity contribution >= 4 is 59.7 Å². The van der Waals surface area contributed by atoms with Gasteiger partial charge in [-0.2, -0.15) is 0 Å². The highest BCUT2D eigenvalue weighted by molar-refractivity contribution is 9.10. The number of nitrogens with zero attached hydrogens (tertiary/aromatic N) is 1. The maximum Gasteiger partial charge on any atom is 0.145 e. The van der Waals surface area contributed by atoms with E-state index in [1.54, 1.807) is 0 Å². The standard InChI is InChI=1S/C30H16BrNO/c31-23-16-22-18-9-2-5-14-25(18)32-24-13-4-1-8-17(24)19-11-7-12-21(29(19)32)27(22)30-28(23)20-10-3-6-15-26(20)33-30/h1-16H. The van der Waals surface area contributed by atoms with Crippen molar-refractivity contribution in [2.75, 3.05) is 0 Å². The molecule has 3 heteroatoms. The van der Waals surface area contributed by atoms with E-state index >= 15 is 0 Å². The number of para-hydroxylation sites is 4. The Morgan fingerprint density at radius 2 is 1.36 bits per heavy atom. The van der Waals surface area contributed by atoms with Crippen LogP contribution in [0.3, 0.4) is 0 Å². The second-order valence-corrected chi connectivity index (χ2v) is 9.51. The van der Waals surface area contributed by atoms with Crippen LogP contribution in [0.25, 0.3) is 71.7 Å². The maximum absolute atomic E-state index is 6.58. The van der Waals surface area contributed by atoms with E-state index in [9.17, 15) is 0 Å². The van der Waals surface area contributed by atoms with Crippen molar-refractivity contribution in [3.05, 3.63) is 102 Å². The average Bonchev–Trinajstić information content (AvgIpc) is 3.37. The zero-order chi connectivity index (χ0) is 21.7. The van der Waals surface area contributed by atoms with Gasteiger partial charge in [0.05, 0.1) is 16.7 Å². The van der Waals surface area contributed by atoms with Gasteiger partial charge in [0.2, 0.25) is 0 Å². The second-order valence-electron chi connectivity index (χ2n) is 8.65. The third-order valence-electron chi connectivity index (χ3n) is 7.00. The van der Waals surface area contributed by atoms with Gasteiger partial charge >= 0.3 is 0 Å². The minimum absolute atomic E-state index is 0.909. The molecule has 8 rings (SSSR count). The molecule has 0 amide bonds.